The van der Waals surface area contributed by atoms with Gasteiger partial charge in [0.1, 0.15) is 11.8 Å². The summed E-state index contributed by atoms with van der Waals surface area (Å²) in [5.74, 6) is -1.44. The number of rotatable bonds is 4. The molecule has 0 aliphatic heterocycles. The van der Waals surface area contributed by atoms with Gasteiger partial charge in [-0.1, -0.05) is 0 Å². The molecular weight excluding hydrogens is 245 g/mol. The summed E-state index contributed by atoms with van der Waals surface area (Å²) in [4.78, 5) is 10.2. The van der Waals surface area contributed by atoms with E-state index < -0.39 is 42.0 Å². The van der Waals surface area contributed by atoms with Crippen LogP contribution in [0.2, 0.25) is 0 Å². The number of carbonyl (C=O) groups is 1. The molecule has 1 rings (SSSR count). The molecule has 1 heterocycles. The van der Waals surface area contributed by atoms with E-state index in [4.69, 9.17) is 5.11 Å². The molecule has 0 saturated carbocycles. The van der Waals surface area contributed by atoms with Crippen LogP contribution in [-0.2, 0) is 11.0 Å². The Bertz CT molecular complexity index is 404. The maximum Gasteiger partial charge on any atom is 0.433 e. The SMILES string of the molecule is O=C(O)CC(O)C(O)c1cn[nH]c1C(F)(F)F. The zero-order valence-corrected chi connectivity index (χ0v) is 8.27. The number of hydrogen-bond acceptors (Lipinski definition) is 4. The zero-order chi connectivity index (χ0) is 13.2. The highest BCUT2D eigenvalue weighted by Crippen LogP contribution is 2.34. The predicted molar refractivity (Wildman–Crippen MR) is 46.8 cm³/mol. The Labute approximate surface area is 92.7 Å². The Hall–Kier alpha value is -1.61. The van der Waals surface area contributed by atoms with Crippen LogP contribution < -0.4 is 0 Å². The van der Waals surface area contributed by atoms with E-state index in [0.717, 1.165) is 0 Å². The van der Waals surface area contributed by atoms with E-state index >= 15 is 0 Å². The van der Waals surface area contributed by atoms with Crippen molar-refractivity contribution in [2.75, 3.05) is 0 Å². The maximum absolute atomic E-state index is 12.4. The van der Waals surface area contributed by atoms with Crippen molar-refractivity contribution in [3.8, 4) is 0 Å². The average Bonchev–Trinajstić information content (AvgIpc) is 2.62. The van der Waals surface area contributed by atoms with E-state index in [1.165, 1.54) is 0 Å². The number of carboxylic acids is 1. The van der Waals surface area contributed by atoms with Crippen molar-refractivity contribution in [1.82, 2.24) is 10.2 Å². The molecule has 0 aromatic carbocycles. The van der Waals surface area contributed by atoms with Gasteiger partial charge in [0.2, 0.25) is 0 Å². The molecule has 0 bridgehead atoms. The summed E-state index contributed by atoms with van der Waals surface area (Å²) in [6, 6.07) is 0. The molecule has 1 aromatic rings. The van der Waals surface area contributed by atoms with Crippen molar-refractivity contribution < 1.29 is 33.3 Å². The molecular formula is C8H9F3N2O4. The number of aliphatic carboxylic acids is 1. The molecule has 6 nitrogen and oxygen atoms in total. The fraction of sp³-hybridized carbons (Fsp3) is 0.500. The molecule has 0 aliphatic rings. The first-order valence-corrected chi connectivity index (χ1v) is 4.42. The van der Waals surface area contributed by atoms with Crippen LogP contribution in [0, 0.1) is 0 Å². The van der Waals surface area contributed by atoms with Gasteiger partial charge < -0.3 is 15.3 Å². The molecule has 0 amide bonds. The van der Waals surface area contributed by atoms with Gasteiger partial charge in [-0.15, -0.1) is 0 Å². The quantitative estimate of drug-likeness (QED) is 0.618. The third kappa shape index (κ3) is 3.17. The Morgan fingerprint density at radius 1 is 1.47 bits per heavy atom. The average molecular weight is 254 g/mol. The summed E-state index contributed by atoms with van der Waals surface area (Å²) in [6.45, 7) is 0. The lowest BCUT2D eigenvalue weighted by molar-refractivity contribution is -0.144. The number of aromatic amines is 1. The Morgan fingerprint density at radius 3 is 2.53 bits per heavy atom. The fourth-order valence-electron chi connectivity index (χ4n) is 1.24. The van der Waals surface area contributed by atoms with Gasteiger partial charge in [-0.25, -0.2) is 0 Å². The number of halogens is 3. The zero-order valence-electron chi connectivity index (χ0n) is 8.27. The maximum atomic E-state index is 12.4. The monoisotopic (exact) mass is 254 g/mol. The van der Waals surface area contributed by atoms with Gasteiger partial charge in [0.25, 0.3) is 0 Å². The predicted octanol–water partition coefficient (Wildman–Crippen LogP) is 0.298. The van der Waals surface area contributed by atoms with Crippen LogP contribution in [0.5, 0.6) is 0 Å². The van der Waals surface area contributed by atoms with Crippen LogP contribution in [0.1, 0.15) is 23.8 Å². The summed E-state index contributed by atoms with van der Waals surface area (Å²) < 4.78 is 37.2. The van der Waals surface area contributed by atoms with Crippen LogP contribution in [-0.4, -0.2) is 37.6 Å². The molecule has 0 spiro atoms. The summed E-state index contributed by atoms with van der Waals surface area (Å²) in [5, 5.41) is 31.7. The van der Waals surface area contributed by atoms with Gasteiger partial charge in [0, 0.05) is 5.56 Å². The minimum atomic E-state index is -4.77. The standard InChI is InChI=1S/C8H9F3N2O4/c9-8(10,11)7-3(2-12-13-7)6(17)4(14)1-5(15)16/h2,4,6,14,17H,1H2,(H,12,13)(H,15,16). The Morgan fingerprint density at radius 2 is 2.06 bits per heavy atom. The van der Waals surface area contributed by atoms with Crippen molar-refractivity contribution in [2.24, 2.45) is 0 Å². The molecule has 2 unspecified atom stereocenters. The summed E-state index contributed by atoms with van der Waals surface area (Å²) in [7, 11) is 0. The highest BCUT2D eigenvalue weighted by Gasteiger charge is 2.38. The number of nitrogens with one attached hydrogen (secondary N) is 1. The normalized spacial score (nSPS) is 15.6. The minimum Gasteiger partial charge on any atom is -0.481 e. The van der Waals surface area contributed by atoms with Crippen LogP contribution in [0.3, 0.4) is 0 Å². The van der Waals surface area contributed by atoms with Crippen LogP contribution >= 0.6 is 0 Å². The first kappa shape index (κ1) is 13.5. The molecule has 0 fully saturated rings. The summed E-state index contributed by atoms with van der Waals surface area (Å²) >= 11 is 0. The fourth-order valence-corrected chi connectivity index (χ4v) is 1.24. The van der Waals surface area contributed by atoms with E-state index in [1.807, 2.05) is 0 Å². The Balaban J connectivity index is 2.93. The third-order valence-corrected chi connectivity index (χ3v) is 2.02. The first-order valence-electron chi connectivity index (χ1n) is 4.42. The van der Waals surface area contributed by atoms with Crippen LogP contribution in [0.25, 0.3) is 0 Å². The van der Waals surface area contributed by atoms with Crippen LogP contribution in [0.4, 0.5) is 13.2 Å². The number of aliphatic hydroxyl groups is 2. The van der Waals surface area contributed by atoms with Gasteiger partial charge in [0.15, 0.2) is 0 Å². The van der Waals surface area contributed by atoms with Crippen molar-refractivity contribution in [2.45, 2.75) is 24.8 Å². The van der Waals surface area contributed by atoms with Gasteiger partial charge in [-0.2, -0.15) is 18.3 Å². The summed E-state index contributed by atoms with van der Waals surface area (Å²) in [6.07, 6.45) is -8.76. The highest BCUT2D eigenvalue weighted by molar-refractivity contribution is 5.67. The molecule has 96 valence electrons. The number of carboxylic acid groups (broad SMARTS) is 1. The van der Waals surface area contributed by atoms with Gasteiger partial charge in [-0.05, 0) is 0 Å². The lowest BCUT2D eigenvalue weighted by Gasteiger charge is -2.17. The topological polar surface area (TPSA) is 106 Å². The van der Waals surface area contributed by atoms with Gasteiger partial charge in [0.05, 0.1) is 18.7 Å². The van der Waals surface area contributed by atoms with E-state index in [9.17, 15) is 28.2 Å². The molecule has 9 heteroatoms. The van der Waals surface area contributed by atoms with E-state index in [1.54, 1.807) is 5.10 Å². The lowest BCUT2D eigenvalue weighted by atomic mass is 10.0. The van der Waals surface area contributed by atoms with Gasteiger partial charge in [-0.3, -0.25) is 9.89 Å². The number of aromatic nitrogens is 2. The number of nitrogens with zero attached hydrogens (tertiary/aromatic N) is 1. The second-order valence-corrected chi connectivity index (χ2v) is 3.31. The molecule has 17 heavy (non-hydrogen) atoms. The van der Waals surface area contributed by atoms with Crippen LogP contribution in [0.15, 0.2) is 6.20 Å². The van der Waals surface area contributed by atoms with Crippen molar-refractivity contribution in [3.63, 3.8) is 0 Å². The molecule has 0 saturated heterocycles. The third-order valence-electron chi connectivity index (χ3n) is 2.02. The number of aliphatic hydroxyl groups excluding tert-OH is 2. The smallest absolute Gasteiger partial charge is 0.433 e. The first-order chi connectivity index (χ1) is 7.73. The van der Waals surface area contributed by atoms with Crippen molar-refractivity contribution in [3.05, 3.63) is 17.5 Å². The number of H-pyrrole nitrogens is 1. The Kier molecular flexibility index (Phi) is 3.73. The lowest BCUT2D eigenvalue weighted by Crippen LogP contribution is -2.23. The second-order valence-electron chi connectivity index (χ2n) is 3.31. The van der Waals surface area contributed by atoms with Crippen molar-refractivity contribution in [1.29, 1.82) is 0 Å². The number of alkyl halides is 3. The van der Waals surface area contributed by atoms with E-state index in [2.05, 4.69) is 5.10 Å². The molecule has 4 N–H and O–H groups in total. The molecule has 0 radical (unpaired) electrons. The second kappa shape index (κ2) is 4.72. The molecule has 1 aromatic heterocycles. The van der Waals surface area contributed by atoms with Crippen molar-refractivity contribution >= 4 is 5.97 Å². The summed E-state index contributed by atoms with van der Waals surface area (Å²) in [5.41, 5.74) is -2.00. The number of hydrogen-bond donors (Lipinski definition) is 4. The highest BCUT2D eigenvalue weighted by atomic mass is 19.4. The van der Waals surface area contributed by atoms with Gasteiger partial charge >= 0.3 is 12.1 Å². The van der Waals surface area contributed by atoms with E-state index in [-0.39, 0.29) is 0 Å². The minimum absolute atomic E-state index is 0.689. The van der Waals surface area contributed by atoms with E-state index in [0.29, 0.717) is 6.20 Å². The molecule has 2 atom stereocenters. The largest absolute Gasteiger partial charge is 0.481 e. The molecule has 0 aliphatic carbocycles.